The van der Waals surface area contributed by atoms with Crippen LogP contribution in [0.25, 0.3) is 0 Å². The molecule has 25 heavy (non-hydrogen) atoms. The Balaban J connectivity index is 1.63. The molecule has 5 nitrogen and oxygen atoms in total. The highest BCUT2D eigenvalue weighted by Gasteiger charge is 2.23. The van der Waals surface area contributed by atoms with Crippen molar-refractivity contribution < 1.29 is 14.3 Å². The summed E-state index contributed by atoms with van der Waals surface area (Å²) in [6, 6.07) is 5.94. The lowest BCUT2D eigenvalue weighted by atomic mass is 9.96. The molecule has 1 aromatic carbocycles. The van der Waals surface area contributed by atoms with Crippen molar-refractivity contribution in [2.45, 2.75) is 57.6 Å². The normalized spacial score (nSPS) is 20.2. The van der Waals surface area contributed by atoms with Gasteiger partial charge in [-0.25, -0.2) is 0 Å². The van der Waals surface area contributed by atoms with E-state index < -0.39 is 0 Å². The molecule has 2 aliphatic rings. The number of piperidine rings is 1. The Kier molecular flexibility index (Phi) is 6.19. The molecule has 138 valence electrons. The van der Waals surface area contributed by atoms with Crippen molar-refractivity contribution in [3.63, 3.8) is 0 Å². The van der Waals surface area contributed by atoms with E-state index in [-0.39, 0.29) is 17.9 Å². The Labute approximate surface area is 150 Å². The summed E-state index contributed by atoms with van der Waals surface area (Å²) in [6.07, 6.45) is 6.85. The third-order valence-corrected chi connectivity index (χ3v) is 5.35. The van der Waals surface area contributed by atoms with Crippen LogP contribution in [0.5, 0.6) is 11.5 Å². The van der Waals surface area contributed by atoms with Crippen molar-refractivity contribution in [1.29, 1.82) is 0 Å². The summed E-state index contributed by atoms with van der Waals surface area (Å²) in [5.41, 5.74) is 1.04. The Morgan fingerprint density at radius 3 is 2.56 bits per heavy atom. The molecule has 0 spiro atoms. The minimum absolute atomic E-state index is 0.0446. The summed E-state index contributed by atoms with van der Waals surface area (Å²) in [7, 11) is 1.67. The third-order valence-electron chi connectivity index (χ3n) is 5.35. The molecule has 0 radical (unpaired) electrons. The SMILES string of the molecule is COc1cc(C(C)NC(=O)C2CCNCC2)ccc1OC1CCCC1. The third kappa shape index (κ3) is 4.66. The molecule has 3 rings (SSSR count). The summed E-state index contributed by atoms with van der Waals surface area (Å²) in [5, 5.41) is 6.44. The zero-order valence-electron chi connectivity index (χ0n) is 15.3. The van der Waals surface area contributed by atoms with Crippen LogP contribution in [0.2, 0.25) is 0 Å². The number of carbonyl (C=O) groups is 1. The Bertz CT molecular complexity index is 578. The molecule has 0 bridgehead atoms. The Hall–Kier alpha value is -1.75. The highest BCUT2D eigenvalue weighted by molar-refractivity contribution is 5.79. The van der Waals surface area contributed by atoms with Crippen LogP contribution in [0.15, 0.2) is 18.2 Å². The zero-order valence-corrected chi connectivity index (χ0v) is 15.3. The fourth-order valence-electron chi connectivity index (χ4n) is 3.74. The van der Waals surface area contributed by atoms with E-state index in [0.717, 1.165) is 55.8 Å². The molecule has 1 saturated carbocycles. The van der Waals surface area contributed by atoms with E-state index in [1.165, 1.54) is 12.8 Å². The van der Waals surface area contributed by atoms with Crippen molar-refractivity contribution in [2.75, 3.05) is 20.2 Å². The molecule has 1 unspecified atom stereocenters. The largest absolute Gasteiger partial charge is 0.493 e. The van der Waals surface area contributed by atoms with E-state index in [4.69, 9.17) is 9.47 Å². The van der Waals surface area contributed by atoms with E-state index in [1.54, 1.807) is 7.11 Å². The van der Waals surface area contributed by atoms with Gasteiger partial charge in [-0.2, -0.15) is 0 Å². The van der Waals surface area contributed by atoms with Gasteiger partial charge in [0.1, 0.15) is 0 Å². The van der Waals surface area contributed by atoms with Gasteiger partial charge in [-0.1, -0.05) is 6.07 Å². The smallest absolute Gasteiger partial charge is 0.223 e. The summed E-state index contributed by atoms with van der Waals surface area (Å²) < 4.78 is 11.6. The molecule has 1 aliphatic heterocycles. The molecule has 1 aromatic rings. The second-order valence-electron chi connectivity index (χ2n) is 7.19. The number of rotatable bonds is 6. The van der Waals surface area contributed by atoms with E-state index in [2.05, 4.69) is 10.6 Å². The molecule has 2 fully saturated rings. The highest BCUT2D eigenvalue weighted by atomic mass is 16.5. The number of ether oxygens (including phenoxy) is 2. The first-order valence-electron chi connectivity index (χ1n) is 9.53. The van der Waals surface area contributed by atoms with Gasteiger partial charge in [-0.05, 0) is 76.2 Å². The van der Waals surface area contributed by atoms with Crippen molar-refractivity contribution in [3.05, 3.63) is 23.8 Å². The molecule has 2 N–H and O–H groups in total. The average Bonchev–Trinajstić information content (AvgIpc) is 3.15. The second kappa shape index (κ2) is 8.56. The van der Waals surface area contributed by atoms with Crippen LogP contribution in [-0.4, -0.2) is 32.2 Å². The first kappa shape index (κ1) is 18.1. The van der Waals surface area contributed by atoms with E-state index >= 15 is 0 Å². The molecule has 1 saturated heterocycles. The van der Waals surface area contributed by atoms with Gasteiger partial charge >= 0.3 is 0 Å². The Morgan fingerprint density at radius 2 is 1.88 bits per heavy atom. The number of carbonyl (C=O) groups excluding carboxylic acids is 1. The highest BCUT2D eigenvalue weighted by Crippen LogP contribution is 2.33. The van der Waals surface area contributed by atoms with Crippen LogP contribution in [0.4, 0.5) is 0 Å². The van der Waals surface area contributed by atoms with E-state index in [9.17, 15) is 4.79 Å². The van der Waals surface area contributed by atoms with Gasteiger partial charge in [0, 0.05) is 5.92 Å². The van der Waals surface area contributed by atoms with Crippen LogP contribution in [0.3, 0.4) is 0 Å². The maximum atomic E-state index is 12.4. The predicted molar refractivity (Wildman–Crippen MR) is 98.0 cm³/mol. The number of hydrogen-bond acceptors (Lipinski definition) is 4. The lowest BCUT2D eigenvalue weighted by Crippen LogP contribution is -2.39. The van der Waals surface area contributed by atoms with Gasteiger partial charge in [0.2, 0.25) is 5.91 Å². The summed E-state index contributed by atoms with van der Waals surface area (Å²) in [4.78, 5) is 12.4. The first-order valence-corrected chi connectivity index (χ1v) is 9.53. The quantitative estimate of drug-likeness (QED) is 0.830. The van der Waals surface area contributed by atoms with Crippen molar-refractivity contribution in [2.24, 2.45) is 5.92 Å². The molecule has 1 atom stereocenters. The van der Waals surface area contributed by atoms with Gasteiger partial charge in [0.15, 0.2) is 11.5 Å². The monoisotopic (exact) mass is 346 g/mol. The molecular formula is C20H30N2O3. The summed E-state index contributed by atoms with van der Waals surface area (Å²) in [5.74, 6) is 1.82. The minimum atomic E-state index is -0.0446. The molecule has 0 aromatic heterocycles. The lowest BCUT2D eigenvalue weighted by molar-refractivity contribution is -0.126. The van der Waals surface area contributed by atoms with Gasteiger partial charge < -0.3 is 20.1 Å². The van der Waals surface area contributed by atoms with Crippen LogP contribution in [0.1, 0.15) is 57.1 Å². The molecule has 1 heterocycles. The van der Waals surface area contributed by atoms with Gasteiger partial charge in [0.25, 0.3) is 0 Å². The fourth-order valence-corrected chi connectivity index (χ4v) is 3.74. The average molecular weight is 346 g/mol. The number of hydrogen-bond donors (Lipinski definition) is 2. The topological polar surface area (TPSA) is 59.6 Å². The van der Waals surface area contributed by atoms with Gasteiger partial charge in [-0.15, -0.1) is 0 Å². The maximum Gasteiger partial charge on any atom is 0.223 e. The maximum absolute atomic E-state index is 12.4. The summed E-state index contributed by atoms with van der Waals surface area (Å²) >= 11 is 0. The number of nitrogens with one attached hydrogen (secondary N) is 2. The lowest BCUT2D eigenvalue weighted by Gasteiger charge is -2.24. The number of benzene rings is 1. The van der Waals surface area contributed by atoms with Crippen LogP contribution in [0, 0.1) is 5.92 Å². The standard InChI is InChI=1S/C20H30N2O3/c1-14(22-20(23)15-9-11-21-12-10-15)16-7-8-18(19(13-16)24-2)25-17-5-3-4-6-17/h7-8,13-15,17,21H,3-6,9-12H2,1-2H3,(H,22,23). The van der Waals surface area contributed by atoms with E-state index in [0.29, 0.717) is 6.10 Å². The van der Waals surface area contributed by atoms with E-state index in [1.807, 2.05) is 25.1 Å². The molecule has 5 heteroatoms. The van der Waals surface area contributed by atoms with Crippen LogP contribution < -0.4 is 20.1 Å². The molecular weight excluding hydrogens is 316 g/mol. The van der Waals surface area contributed by atoms with Crippen LogP contribution >= 0.6 is 0 Å². The fraction of sp³-hybridized carbons (Fsp3) is 0.650. The minimum Gasteiger partial charge on any atom is -0.493 e. The predicted octanol–water partition coefficient (Wildman–Crippen LogP) is 3.19. The first-order chi connectivity index (χ1) is 12.2. The molecule has 1 aliphatic carbocycles. The number of amides is 1. The van der Waals surface area contributed by atoms with Gasteiger partial charge in [-0.3, -0.25) is 4.79 Å². The second-order valence-corrected chi connectivity index (χ2v) is 7.19. The van der Waals surface area contributed by atoms with Crippen molar-refractivity contribution in [3.8, 4) is 11.5 Å². The number of methoxy groups -OCH3 is 1. The Morgan fingerprint density at radius 1 is 1.16 bits per heavy atom. The molecule has 1 amide bonds. The van der Waals surface area contributed by atoms with Crippen molar-refractivity contribution in [1.82, 2.24) is 10.6 Å². The summed E-state index contributed by atoms with van der Waals surface area (Å²) in [6.45, 7) is 3.87. The van der Waals surface area contributed by atoms with Crippen molar-refractivity contribution >= 4 is 5.91 Å². The zero-order chi connectivity index (χ0) is 17.6. The van der Waals surface area contributed by atoms with Crippen LogP contribution in [-0.2, 0) is 4.79 Å². The van der Waals surface area contributed by atoms with Gasteiger partial charge in [0.05, 0.1) is 19.3 Å².